The highest BCUT2D eigenvalue weighted by Crippen LogP contribution is 2.07. The first-order valence-electron chi connectivity index (χ1n) is 3.15. The molecule has 0 radical (unpaired) electrons. The zero-order chi connectivity index (χ0) is 9.46. The highest BCUT2D eigenvalue weighted by atomic mass is 16.1. The van der Waals surface area contributed by atoms with Crippen LogP contribution < -0.4 is 17.2 Å². The SMILES string of the molecule is N=C1C(=O)C(N)=C(N)C(=O)C1N. The van der Waals surface area contributed by atoms with Crippen molar-refractivity contribution in [2.75, 3.05) is 0 Å². The van der Waals surface area contributed by atoms with E-state index in [-0.39, 0.29) is 11.4 Å². The summed E-state index contributed by atoms with van der Waals surface area (Å²) in [7, 11) is 0. The lowest BCUT2D eigenvalue weighted by Crippen LogP contribution is -2.50. The maximum absolute atomic E-state index is 11.0. The van der Waals surface area contributed by atoms with E-state index in [0.717, 1.165) is 0 Å². The fourth-order valence-corrected chi connectivity index (χ4v) is 0.840. The second-order valence-electron chi connectivity index (χ2n) is 2.41. The number of carbonyl (C=O) groups excluding carboxylic acids is 2. The van der Waals surface area contributed by atoms with Crippen LogP contribution in [-0.2, 0) is 9.59 Å². The van der Waals surface area contributed by atoms with Crippen LogP contribution in [0.2, 0.25) is 0 Å². The second kappa shape index (κ2) is 2.42. The van der Waals surface area contributed by atoms with Crippen molar-refractivity contribution in [2.24, 2.45) is 17.2 Å². The Kier molecular flexibility index (Phi) is 1.69. The standard InChI is InChI=1S/C6H8N4O2/c7-1-2(8)6(12)4(10)3(9)5(1)11/h1,8H,7,9-10H2. The first-order valence-corrected chi connectivity index (χ1v) is 3.15. The van der Waals surface area contributed by atoms with E-state index < -0.39 is 23.3 Å². The Morgan fingerprint density at radius 3 is 2.17 bits per heavy atom. The molecule has 1 rings (SSSR count). The number of ketones is 2. The lowest BCUT2D eigenvalue weighted by molar-refractivity contribution is -0.118. The van der Waals surface area contributed by atoms with Gasteiger partial charge in [-0.15, -0.1) is 0 Å². The number of nitrogens with two attached hydrogens (primary N) is 3. The molecule has 6 heteroatoms. The van der Waals surface area contributed by atoms with Crippen molar-refractivity contribution in [1.82, 2.24) is 0 Å². The zero-order valence-corrected chi connectivity index (χ0v) is 6.13. The third-order valence-electron chi connectivity index (χ3n) is 1.64. The molecule has 1 aliphatic carbocycles. The first-order chi connectivity index (χ1) is 5.46. The number of allylic oxidation sites excluding steroid dienone is 1. The Bertz CT molecular complexity index is 318. The Morgan fingerprint density at radius 2 is 1.67 bits per heavy atom. The van der Waals surface area contributed by atoms with E-state index in [1.54, 1.807) is 0 Å². The molecular formula is C6H8N4O2. The number of hydrogen-bond acceptors (Lipinski definition) is 6. The number of rotatable bonds is 0. The molecule has 0 spiro atoms. The van der Waals surface area contributed by atoms with Gasteiger partial charge in [-0.05, 0) is 0 Å². The minimum Gasteiger partial charge on any atom is -0.394 e. The summed E-state index contributed by atoms with van der Waals surface area (Å²) in [6, 6.07) is -1.26. The molecule has 1 unspecified atom stereocenters. The first kappa shape index (κ1) is 8.41. The summed E-state index contributed by atoms with van der Waals surface area (Å²) in [5.41, 5.74) is 14.3. The van der Waals surface area contributed by atoms with Gasteiger partial charge in [-0.3, -0.25) is 15.0 Å². The third kappa shape index (κ3) is 0.892. The quantitative estimate of drug-likeness (QED) is 0.320. The van der Waals surface area contributed by atoms with Crippen LogP contribution in [0.15, 0.2) is 11.4 Å². The summed E-state index contributed by atoms with van der Waals surface area (Å²) < 4.78 is 0. The van der Waals surface area contributed by atoms with Crippen LogP contribution in [0.25, 0.3) is 0 Å². The zero-order valence-electron chi connectivity index (χ0n) is 6.13. The third-order valence-corrected chi connectivity index (χ3v) is 1.64. The van der Waals surface area contributed by atoms with Gasteiger partial charge >= 0.3 is 0 Å². The number of nitrogens with one attached hydrogen (secondary N) is 1. The molecule has 7 N–H and O–H groups in total. The minimum atomic E-state index is -1.26. The summed E-state index contributed by atoms with van der Waals surface area (Å²) in [5.74, 6) is -1.43. The molecular weight excluding hydrogens is 160 g/mol. The van der Waals surface area contributed by atoms with Gasteiger partial charge in [0.15, 0.2) is 0 Å². The molecule has 0 bridgehead atoms. The van der Waals surface area contributed by atoms with Crippen molar-refractivity contribution in [3.05, 3.63) is 11.4 Å². The molecule has 0 amide bonds. The smallest absolute Gasteiger partial charge is 0.226 e. The van der Waals surface area contributed by atoms with Crippen molar-refractivity contribution in [3.63, 3.8) is 0 Å². The van der Waals surface area contributed by atoms with E-state index in [4.69, 9.17) is 22.6 Å². The molecule has 0 heterocycles. The fraction of sp³-hybridized carbons (Fsp3) is 0.167. The molecule has 0 aromatic carbocycles. The Labute approximate surface area is 67.9 Å². The summed E-state index contributed by atoms with van der Waals surface area (Å²) in [4.78, 5) is 22.0. The summed E-state index contributed by atoms with van der Waals surface area (Å²) in [6.07, 6.45) is 0. The highest BCUT2D eigenvalue weighted by Gasteiger charge is 2.34. The van der Waals surface area contributed by atoms with Crippen molar-refractivity contribution in [2.45, 2.75) is 6.04 Å². The molecule has 1 atom stereocenters. The molecule has 64 valence electrons. The van der Waals surface area contributed by atoms with Crippen molar-refractivity contribution < 1.29 is 9.59 Å². The second-order valence-corrected chi connectivity index (χ2v) is 2.41. The lowest BCUT2D eigenvalue weighted by atomic mass is 9.93. The van der Waals surface area contributed by atoms with E-state index >= 15 is 0 Å². The Hall–Kier alpha value is -1.69. The van der Waals surface area contributed by atoms with Crippen LogP contribution in [0.4, 0.5) is 0 Å². The van der Waals surface area contributed by atoms with Gasteiger partial charge in [0.2, 0.25) is 11.6 Å². The van der Waals surface area contributed by atoms with Gasteiger partial charge < -0.3 is 17.2 Å². The van der Waals surface area contributed by atoms with Gasteiger partial charge in [-0.25, -0.2) is 0 Å². The molecule has 0 saturated carbocycles. The van der Waals surface area contributed by atoms with Crippen LogP contribution >= 0.6 is 0 Å². The minimum absolute atomic E-state index is 0.344. The van der Waals surface area contributed by atoms with Gasteiger partial charge in [0.25, 0.3) is 0 Å². The lowest BCUT2D eigenvalue weighted by Gasteiger charge is -2.17. The normalized spacial score (nSPS) is 25.1. The van der Waals surface area contributed by atoms with Crippen LogP contribution in [0.3, 0.4) is 0 Å². The van der Waals surface area contributed by atoms with E-state index in [9.17, 15) is 9.59 Å². The molecule has 0 aliphatic heterocycles. The van der Waals surface area contributed by atoms with Crippen LogP contribution in [0.5, 0.6) is 0 Å². The molecule has 12 heavy (non-hydrogen) atoms. The largest absolute Gasteiger partial charge is 0.394 e. The molecule has 0 fully saturated rings. The Balaban J connectivity index is 3.27. The fourth-order valence-electron chi connectivity index (χ4n) is 0.840. The van der Waals surface area contributed by atoms with E-state index in [1.165, 1.54) is 0 Å². The predicted molar refractivity (Wildman–Crippen MR) is 41.1 cm³/mol. The summed E-state index contributed by atoms with van der Waals surface area (Å²) in [5, 5.41) is 7.09. The van der Waals surface area contributed by atoms with Gasteiger partial charge in [-0.1, -0.05) is 0 Å². The number of hydrogen-bond donors (Lipinski definition) is 4. The summed E-state index contributed by atoms with van der Waals surface area (Å²) >= 11 is 0. The van der Waals surface area contributed by atoms with Crippen LogP contribution in [-0.4, -0.2) is 23.3 Å². The highest BCUT2D eigenvalue weighted by molar-refractivity contribution is 6.53. The van der Waals surface area contributed by atoms with Gasteiger partial charge in [0.05, 0.1) is 0 Å². The molecule has 0 saturated heterocycles. The van der Waals surface area contributed by atoms with Crippen molar-refractivity contribution in [1.29, 1.82) is 5.41 Å². The van der Waals surface area contributed by atoms with Crippen LogP contribution in [0, 0.1) is 5.41 Å². The maximum Gasteiger partial charge on any atom is 0.226 e. The number of carbonyl (C=O) groups is 2. The van der Waals surface area contributed by atoms with E-state index in [0.29, 0.717) is 0 Å². The van der Waals surface area contributed by atoms with Gasteiger partial charge in [0.1, 0.15) is 23.1 Å². The van der Waals surface area contributed by atoms with Gasteiger partial charge in [-0.2, -0.15) is 0 Å². The molecule has 0 aromatic heterocycles. The molecule has 6 nitrogen and oxygen atoms in total. The Morgan fingerprint density at radius 1 is 1.17 bits per heavy atom. The van der Waals surface area contributed by atoms with Crippen molar-refractivity contribution >= 4 is 17.3 Å². The number of Topliss-reactive ketones (excluding diaryl/α,β-unsaturated/α-hetero) is 2. The summed E-state index contributed by atoms with van der Waals surface area (Å²) in [6.45, 7) is 0. The average molecular weight is 168 g/mol. The maximum atomic E-state index is 11.0. The van der Waals surface area contributed by atoms with E-state index in [1.807, 2.05) is 0 Å². The predicted octanol–water partition coefficient (Wildman–Crippen LogP) is -2.39. The molecule has 1 aliphatic rings. The topological polar surface area (TPSA) is 136 Å². The van der Waals surface area contributed by atoms with Gasteiger partial charge in [0, 0.05) is 0 Å². The monoisotopic (exact) mass is 168 g/mol. The average Bonchev–Trinajstić information content (AvgIpc) is 2.08. The van der Waals surface area contributed by atoms with E-state index in [2.05, 4.69) is 0 Å². The molecule has 0 aromatic rings. The van der Waals surface area contributed by atoms with Crippen LogP contribution in [0.1, 0.15) is 0 Å². The van der Waals surface area contributed by atoms with Crippen molar-refractivity contribution in [3.8, 4) is 0 Å².